The molecule has 2 aromatic carbocycles. The highest BCUT2D eigenvalue weighted by Crippen LogP contribution is 2.25. The van der Waals surface area contributed by atoms with Gasteiger partial charge in [-0.2, -0.15) is 0 Å². The third-order valence-electron chi connectivity index (χ3n) is 2.39. The van der Waals surface area contributed by atoms with Crippen molar-refractivity contribution in [3.63, 3.8) is 0 Å². The van der Waals surface area contributed by atoms with E-state index in [1.807, 2.05) is 19.1 Å². The molecule has 2 rings (SSSR count). The first-order chi connectivity index (χ1) is 8.19. The van der Waals surface area contributed by atoms with Gasteiger partial charge in [-0.15, -0.1) is 0 Å². The van der Waals surface area contributed by atoms with Gasteiger partial charge in [0.25, 0.3) is 0 Å². The molecule has 0 radical (unpaired) electrons. The molecule has 0 heterocycles. The van der Waals surface area contributed by atoms with E-state index in [-0.39, 0.29) is 5.82 Å². The highest BCUT2D eigenvalue weighted by Gasteiger charge is 2.01. The van der Waals surface area contributed by atoms with Gasteiger partial charge in [0.1, 0.15) is 17.3 Å². The monoisotopic (exact) mass is 232 g/mol. The van der Waals surface area contributed by atoms with Crippen molar-refractivity contribution < 1.29 is 9.13 Å². The molecule has 0 aromatic heterocycles. The average molecular weight is 232 g/mol. The molecule has 0 spiro atoms. The van der Waals surface area contributed by atoms with Crippen LogP contribution in [0.15, 0.2) is 42.5 Å². The Balaban J connectivity index is 2.22. The van der Waals surface area contributed by atoms with Crippen molar-refractivity contribution in [3.8, 4) is 11.5 Å². The zero-order valence-electron chi connectivity index (χ0n) is 9.41. The summed E-state index contributed by atoms with van der Waals surface area (Å²) in [6.45, 7) is 1.91. The summed E-state index contributed by atoms with van der Waals surface area (Å²) in [4.78, 5) is 0. The number of rotatable bonds is 3. The molecule has 0 saturated carbocycles. The number of hydrogen-bond acceptors (Lipinski definition) is 3. The second-order valence-corrected chi connectivity index (χ2v) is 3.68. The van der Waals surface area contributed by atoms with Crippen LogP contribution in [0.4, 0.5) is 10.1 Å². The van der Waals surface area contributed by atoms with Gasteiger partial charge in [-0.25, -0.2) is 4.39 Å². The lowest BCUT2D eigenvalue weighted by atomic mass is 10.2. The third kappa shape index (κ3) is 2.73. The molecule has 0 bridgehead atoms. The Bertz CT molecular complexity index is 529. The summed E-state index contributed by atoms with van der Waals surface area (Å²) in [5.74, 6) is 6.13. The Morgan fingerprint density at radius 3 is 2.53 bits per heavy atom. The minimum Gasteiger partial charge on any atom is -0.457 e. The van der Waals surface area contributed by atoms with Crippen molar-refractivity contribution in [2.45, 2.75) is 6.92 Å². The van der Waals surface area contributed by atoms with Crippen LogP contribution in [-0.4, -0.2) is 0 Å². The lowest BCUT2D eigenvalue weighted by molar-refractivity contribution is 0.476. The van der Waals surface area contributed by atoms with E-state index in [4.69, 9.17) is 10.6 Å². The van der Waals surface area contributed by atoms with Gasteiger partial charge in [0, 0.05) is 6.07 Å². The van der Waals surface area contributed by atoms with E-state index in [1.165, 1.54) is 12.1 Å². The number of nitrogen functional groups attached to an aromatic ring is 1. The van der Waals surface area contributed by atoms with Crippen LogP contribution in [0.1, 0.15) is 5.56 Å². The first-order valence-electron chi connectivity index (χ1n) is 5.20. The summed E-state index contributed by atoms with van der Waals surface area (Å²) in [5.41, 5.74) is 4.37. The minimum absolute atomic E-state index is 0.320. The van der Waals surface area contributed by atoms with E-state index in [2.05, 4.69) is 5.43 Å². The Morgan fingerprint density at radius 1 is 1.12 bits per heavy atom. The van der Waals surface area contributed by atoms with Crippen molar-refractivity contribution in [1.82, 2.24) is 0 Å². The van der Waals surface area contributed by atoms with Crippen LogP contribution in [0.5, 0.6) is 11.5 Å². The van der Waals surface area contributed by atoms with Crippen LogP contribution >= 0.6 is 0 Å². The van der Waals surface area contributed by atoms with E-state index < -0.39 is 0 Å². The van der Waals surface area contributed by atoms with Crippen molar-refractivity contribution in [2.75, 3.05) is 5.43 Å². The van der Waals surface area contributed by atoms with Gasteiger partial charge in [0.2, 0.25) is 0 Å². The maximum absolute atomic E-state index is 13.0. The Kier molecular flexibility index (Phi) is 3.25. The van der Waals surface area contributed by atoms with Crippen LogP contribution < -0.4 is 16.0 Å². The number of benzene rings is 2. The fourth-order valence-corrected chi connectivity index (χ4v) is 1.53. The van der Waals surface area contributed by atoms with E-state index in [1.54, 1.807) is 18.2 Å². The van der Waals surface area contributed by atoms with Gasteiger partial charge >= 0.3 is 0 Å². The van der Waals surface area contributed by atoms with Crippen LogP contribution in [0, 0.1) is 12.7 Å². The quantitative estimate of drug-likeness (QED) is 0.631. The number of aryl methyl sites for hydroxylation is 1. The molecule has 0 aliphatic rings. The minimum atomic E-state index is -0.320. The Hall–Kier alpha value is -2.07. The van der Waals surface area contributed by atoms with Crippen molar-refractivity contribution in [2.24, 2.45) is 5.84 Å². The standard InChI is InChI=1S/C13H13FN2O/c1-9-7-12(5-6-13(9)16-15)17-11-4-2-3-10(14)8-11/h2-8,16H,15H2,1H3. The molecule has 0 amide bonds. The zero-order valence-corrected chi connectivity index (χ0v) is 9.41. The SMILES string of the molecule is Cc1cc(Oc2cccc(F)c2)ccc1NN. The van der Waals surface area contributed by atoms with Crippen LogP contribution in [0.25, 0.3) is 0 Å². The molecule has 0 aliphatic heterocycles. The van der Waals surface area contributed by atoms with Crippen molar-refractivity contribution >= 4 is 5.69 Å². The van der Waals surface area contributed by atoms with Gasteiger partial charge in [0.05, 0.1) is 5.69 Å². The normalized spacial score (nSPS) is 10.1. The third-order valence-corrected chi connectivity index (χ3v) is 2.39. The number of halogens is 1. The Labute approximate surface area is 99.0 Å². The molecule has 0 fully saturated rings. The summed E-state index contributed by atoms with van der Waals surface area (Å²) in [7, 11) is 0. The number of nitrogens with two attached hydrogens (primary N) is 1. The predicted octanol–water partition coefficient (Wildman–Crippen LogP) is 3.21. The second kappa shape index (κ2) is 4.84. The van der Waals surface area contributed by atoms with Crippen molar-refractivity contribution in [3.05, 3.63) is 53.8 Å². The van der Waals surface area contributed by atoms with Gasteiger partial charge in [-0.3, -0.25) is 5.84 Å². The van der Waals surface area contributed by atoms with Crippen LogP contribution in [0.2, 0.25) is 0 Å². The number of nitrogens with one attached hydrogen (secondary N) is 1. The first kappa shape index (κ1) is 11.4. The molecule has 4 heteroatoms. The van der Waals surface area contributed by atoms with E-state index in [0.29, 0.717) is 11.5 Å². The summed E-state index contributed by atoms with van der Waals surface area (Å²) >= 11 is 0. The van der Waals surface area contributed by atoms with Crippen molar-refractivity contribution in [1.29, 1.82) is 0 Å². The maximum atomic E-state index is 13.0. The lowest BCUT2D eigenvalue weighted by Crippen LogP contribution is -2.07. The van der Waals surface area contributed by atoms with E-state index in [9.17, 15) is 4.39 Å². The van der Waals surface area contributed by atoms with Gasteiger partial charge in [-0.05, 0) is 42.8 Å². The fraction of sp³-hybridized carbons (Fsp3) is 0.0769. The number of ether oxygens (including phenoxy) is 1. The van der Waals surface area contributed by atoms with E-state index in [0.717, 1.165) is 11.3 Å². The summed E-state index contributed by atoms with van der Waals surface area (Å²) in [6.07, 6.45) is 0. The fourth-order valence-electron chi connectivity index (χ4n) is 1.53. The topological polar surface area (TPSA) is 47.3 Å². The molecule has 3 N–H and O–H groups in total. The van der Waals surface area contributed by atoms with E-state index >= 15 is 0 Å². The highest BCUT2D eigenvalue weighted by molar-refractivity contribution is 5.53. The molecule has 88 valence electrons. The van der Waals surface area contributed by atoms with Gasteiger partial charge in [0.15, 0.2) is 0 Å². The molecule has 0 saturated heterocycles. The molecule has 2 aromatic rings. The number of hydrazine groups is 1. The maximum Gasteiger partial charge on any atom is 0.130 e. The zero-order chi connectivity index (χ0) is 12.3. The van der Waals surface area contributed by atoms with Crippen LogP contribution in [0.3, 0.4) is 0 Å². The molecular formula is C13H13FN2O. The number of anilines is 1. The molecule has 3 nitrogen and oxygen atoms in total. The molecule has 0 aliphatic carbocycles. The Morgan fingerprint density at radius 2 is 1.88 bits per heavy atom. The van der Waals surface area contributed by atoms with Gasteiger partial charge in [-0.1, -0.05) is 6.07 Å². The van der Waals surface area contributed by atoms with Gasteiger partial charge < -0.3 is 10.2 Å². The largest absolute Gasteiger partial charge is 0.457 e. The molecule has 0 atom stereocenters. The summed E-state index contributed by atoms with van der Waals surface area (Å²) < 4.78 is 18.5. The highest BCUT2D eigenvalue weighted by atomic mass is 19.1. The smallest absolute Gasteiger partial charge is 0.130 e. The number of hydrogen-bond donors (Lipinski definition) is 2. The van der Waals surface area contributed by atoms with Crippen LogP contribution in [-0.2, 0) is 0 Å². The molecule has 17 heavy (non-hydrogen) atoms. The molecule has 0 unspecified atom stereocenters. The first-order valence-corrected chi connectivity index (χ1v) is 5.20. The predicted molar refractivity (Wildman–Crippen MR) is 65.5 cm³/mol. The average Bonchev–Trinajstić information content (AvgIpc) is 2.29. The summed E-state index contributed by atoms with van der Waals surface area (Å²) in [6, 6.07) is 11.4. The summed E-state index contributed by atoms with van der Waals surface area (Å²) in [5, 5.41) is 0. The second-order valence-electron chi connectivity index (χ2n) is 3.68. The molecular weight excluding hydrogens is 219 g/mol. The lowest BCUT2D eigenvalue weighted by Gasteiger charge is -2.09.